The third-order valence-corrected chi connectivity index (χ3v) is 7.34. The lowest BCUT2D eigenvalue weighted by atomic mass is 10.2. The van der Waals surface area contributed by atoms with Crippen LogP contribution in [0.5, 0.6) is 11.5 Å². The van der Waals surface area contributed by atoms with E-state index < -0.39 is 10.0 Å². The molecule has 0 aromatic heterocycles. The van der Waals surface area contributed by atoms with Gasteiger partial charge in [-0.3, -0.25) is 4.79 Å². The Kier molecular flexibility index (Phi) is 7.02. The van der Waals surface area contributed by atoms with Gasteiger partial charge in [0.1, 0.15) is 11.5 Å². The summed E-state index contributed by atoms with van der Waals surface area (Å²) in [4.78, 5) is 14.6. The van der Waals surface area contributed by atoms with Gasteiger partial charge in [0.15, 0.2) is 0 Å². The molecule has 166 valence electrons. The predicted octanol–water partition coefficient (Wildman–Crippen LogP) is 2.87. The lowest BCUT2D eigenvalue weighted by Crippen LogP contribution is -2.50. The van der Waals surface area contributed by atoms with E-state index in [9.17, 15) is 13.2 Å². The fourth-order valence-electron chi connectivity index (χ4n) is 3.47. The fraction of sp³-hybridized carbons (Fsp3) is 0.348. The molecular formula is C23H28N2O5S. The first-order valence-corrected chi connectivity index (χ1v) is 11.5. The minimum Gasteiger partial charge on any atom is -0.497 e. The average molecular weight is 445 g/mol. The summed E-state index contributed by atoms with van der Waals surface area (Å²) in [7, 11) is -0.448. The van der Waals surface area contributed by atoms with Crippen LogP contribution in [-0.4, -0.2) is 63.9 Å². The minimum absolute atomic E-state index is 0.162. The van der Waals surface area contributed by atoms with Crippen LogP contribution in [0.4, 0.5) is 0 Å². The van der Waals surface area contributed by atoms with Crippen LogP contribution in [0.2, 0.25) is 0 Å². The van der Waals surface area contributed by atoms with E-state index in [2.05, 4.69) is 0 Å². The van der Waals surface area contributed by atoms with Gasteiger partial charge in [0.25, 0.3) is 0 Å². The van der Waals surface area contributed by atoms with Crippen molar-refractivity contribution in [2.45, 2.75) is 18.7 Å². The quantitative estimate of drug-likeness (QED) is 0.641. The van der Waals surface area contributed by atoms with Gasteiger partial charge in [-0.05, 0) is 54.8 Å². The van der Waals surface area contributed by atoms with Crippen LogP contribution in [0.25, 0.3) is 6.08 Å². The Balaban J connectivity index is 1.66. The van der Waals surface area contributed by atoms with Gasteiger partial charge in [0.2, 0.25) is 15.9 Å². The van der Waals surface area contributed by atoms with E-state index in [-0.39, 0.29) is 19.0 Å². The minimum atomic E-state index is -3.59. The second-order valence-electron chi connectivity index (χ2n) is 7.48. The van der Waals surface area contributed by atoms with E-state index >= 15 is 0 Å². The van der Waals surface area contributed by atoms with Gasteiger partial charge < -0.3 is 14.4 Å². The molecule has 0 atom stereocenters. The zero-order valence-corrected chi connectivity index (χ0v) is 19.1. The van der Waals surface area contributed by atoms with E-state index in [0.29, 0.717) is 29.5 Å². The highest BCUT2D eigenvalue weighted by molar-refractivity contribution is 7.89. The monoisotopic (exact) mass is 444 g/mol. The third-order valence-electron chi connectivity index (χ3n) is 5.30. The van der Waals surface area contributed by atoms with E-state index in [0.717, 1.165) is 16.7 Å². The molecule has 0 bridgehead atoms. The first-order valence-electron chi connectivity index (χ1n) is 10.0. The maximum atomic E-state index is 13.1. The molecule has 1 aliphatic rings. The number of sulfonamides is 1. The van der Waals surface area contributed by atoms with Crippen molar-refractivity contribution in [1.29, 1.82) is 0 Å². The van der Waals surface area contributed by atoms with Crippen molar-refractivity contribution in [3.8, 4) is 11.5 Å². The van der Waals surface area contributed by atoms with Gasteiger partial charge in [-0.15, -0.1) is 0 Å². The summed E-state index contributed by atoms with van der Waals surface area (Å²) >= 11 is 0. The number of carbonyl (C=O) groups is 1. The molecule has 1 amide bonds. The molecule has 1 heterocycles. The van der Waals surface area contributed by atoms with Gasteiger partial charge in [-0.25, -0.2) is 8.42 Å². The van der Waals surface area contributed by atoms with Crippen molar-refractivity contribution < 1.29 is 22.7 Å². The van der Waals surface area contributed by atoms with E-state index in [1.54, 1.807) is 56.4 Å². The molecule has 0 spiro atoms. The number of ether oxygens (including phenoxy) is 2. The third kappa shape index (κ3) is 5.26. The van der Waals surface area contributed by atoms with E-state index in [4.69, 9.17) is 9.47 Å². The molecule has 0 radical (unpaired) electrons. The van der Waals surface area contributed by atoms with Crippen LogP contribution in [0, 0.1) is 13.8 Å². The molecule has 1 aliphatic heterocycles. The van der Waals surface area contributed by atoms with Crippen LogP contribution in [0.3, 0.4) is 0 Å². The summed E-state index contributed by atoms with van der Waals surface area (Å²) in [6.45, 7) is 4.89. The normalized spacial score (nSPS) is 15.3. The second kappa shape index (κ2) is 9.53. The first-order chi connectivity index (χ1) is 14.7. The number of hydrogen-bond acceptors (Lipinski definition) is 5. The summed E-state index contributed by atoms with van der Waals surface area (Å²) in [6, 6.07) is 10.8. The summed E-state index contributed by atoms with van der Waals surface area (Å²) in [5.74, 6) is 1.11. The van der Waals surface area contributed by atoms with Crippen molar-refractivity contribution in [2.75, 3.05) is 40.4 Å². The molecule has 0 aliphatic carbocycles. The summed E-state index contributed by atoms with van der Waals surface area (Å²) in [6.07, 6.45) is 3.19. The predicted molar refractivity (Wildman–Crippen MR) is 120 cm³/mol. The zero-order valence-electron chi connectivity index (χ0n) is 18.3. The Morgan fingerprint density at radius 2 is 1.55 bits per heavy atom. The highest BCUT2D eigenvalue weighted by atomic mass is 32.2. The second-order valence-corrected chi connectivity index (χ2v) is 9.38. The van der Waals surface area contributed by atoms with Crippen molar-refractivity contribution >= 4 is 22.0 Å². The molecule has 3 rings (SSSR count). The maximum absolute atomic E-state index is 13.1. The molecule has 8 heteroatoms. The fourth-order valence-corrected chi connectivity index (χ4v) is 5.20. The molecule has 7 nitrogen and oxygen atoms in total. The number of benzene rings is 2. The highest BCUT2D eigenvalue weighted by Crippen LogP contribution is 2.24. The number of amides is 1. The van der Waals surface area contributed by atoms with E-state index in [1.165, 1.54) is 10.4 Å². The van der Waals surface area contributed by atoms with Crippen LogP contribution in [0.15, 0.2) is 47.4 Å². The Morgan fingerprint density at radius 3 is 2.13 bits per heavy atom. The molecule has 1 saturated heterocycles. The summed E-state index contributed by atoms with van der Waals surface area (Å²) in [5.41, 5.74) is 2.40. The van der Waals surface area contributed by atoms with Crippen LogP contribution in [0.1, 0.15) is 16.7 Å². The van der Waals surface area contributed by atoms with Gasteiger partial charge in [0, 0.05) is 38.3 Å². The maximum Gasteiger partial charge on any atom is 0.246 e. The number of piperazine rings is 1. The molecule has 1 fully saturated rings. The van der Waals surface area contributed by atoms with Crippen LogP contribution < -0.4 is 9.47 Å². The van der Waals surface area contributed by atoms with Crippen LogP contribution >= 0.6 is 0 Å². The molecule has 31 heavy (non-hydrogen) atoms. The molecule has 2 aromatic carbocycles. The Hall–Kier alpha value is -2.84. The molecule has 0 unspecified atom stereocenters. The summed E-state index contributed by atoms with van der Waals surface area (Å²) < 4.78 is 38.0. The van der Waals surface area contributed by atoms with Crippen molar-refractivity contribution in [3.63, 3.8) is 0 Å². The number of rotatable bonds is 6. The van der Waals surface area contributed by atoms with Crippen molar-refractivity contribution in [2.24, 2.45) is 0 Å². The molecular weight excluding hydrogens is 416 g/mol. The first kappa shape index (κ1) is 22.8. The molecule has 2 aromatic rings. The largest absolute Gasteiger partial charge is 0.497 e. The molecule has 0 N–H and O–H groups in total. The Labute approximate surface area is 183 Å². The van der Waals surface area contributed by atoms with Gasteiger partial charge in [-0.2, -0.15) is 4.31 Å². The SMILES string of the molecule is COc1cc(/C=C/C(=O)N2CCN(S(=O)(=O)c3cc(C)ccc3C)CC2)cc(OC)c1. The number of nitrogens with zero attached hydrogens (tertiary/aromatic N) is 2. The lowest BCUT2D eigenvalue weighted by Gasteiger charge is -2.33. The number of carbonyl (C=O) groups excluding carboxylic acids is 1. The number of methoxy groups -OCH3 is 2. The molecule has 0 saturated carbocycles. The van der Waals surface area contributed by atoms with E-state index in [1.807, 2.05) is 19.1 Å². The lowest BCUT2D eigenvalue weighted by molar-refractivity contribution is -0.127. The van der Waals surface area contributed by atoms with Crippen molar-refractivity contribution in [3.05, 3.63) is 59.2 Å². The van der Waals surface area contributed by atoms with Gasteiger partial charge >= 0.3 is 0 Å². The van der Waals surface area contributed by atoms with Crippen molar-refractivity contribution in [1.82, 2.24) is 9.21 Å². The van der Waals surface area contributed by atoms with Gasteiger partial charge in [-0.1, -0.05) is 12.1 Å². The highest BCUT2D eigenvalue weighted by Gasteiger charge is 2.30. The van der Waals surface area contributed by atoms with Gasteiger partial charge in [0.05, 0.1) is 19.1 Å². The topological polar surface area (TPSA) is 76.2 Å². The standard InChI is InChI=1S/C23H28N2O5S/c1-17-5-6-18(2)22(13-17)31(27,28)25-11-9-24(10-12-25)23(26)8-7-19-14-20(29-3)16-21(15-19)30-4/h5-8,13-16H,9-12H2,1-4H3/b8-7+. The number of aryl methyl sites for hydroxylation is 2. The summed E-state index contributed by atoms with van der Waals surface area (Å²) in [5, 5.41) is 0. The zero-order chi connectivity index (χ0) is 22.6. The number of hydrogen-bond donors (Lipinski definition) is 0. The van der Waals surface area contributed by atoms with Crippen LogP contribution in [-0.2, 0) is 14.8 Å². The average Bonchev–Trinajstić information content (AvgIpc) is 2.78. The Morgan fingerprint density at radius 1 is 0.935 bits per heavy atom. The smallest absolute Gasteiger partial charge is 0.246 e. The Bertz CT molecular complexity index is 1060.